The lowest BCUT2D eigenvalue weighted by Crippen LogP contribution is -2.39. The molecule has 7 rings (SSSR count). The number of carbonyl (C=O) groups is 3. The second kappa shape index (κ2) is 15.8. The minimum atomic E-state index is -0.547. The fourth-order valence-electron chi connectivity index (χ4n) is 7.37. The monoisotopic (exact) mass is 728 g/mol. The third-order valence-corrected chi connectivity index (χ3v) is 10.3. The number of ether oxygens (including phenoxy) is 2. The molecule has 2 saturated heterocycles. The number of carbonyl (C=O) groups excluding carboxylic acids is 3. The average Bonchev–Trinajstić information content (AvgIpc) is 3.59. The first-order valence-corrected chi connectivity index (χ1v) is 18.8. The summed E-state index contributed by atoms with van der Waals surface area (Å²) in [4.78, 5) is 43.0. The summed E-state index contributed by atoms with van der Waals surface area (Å²) in [5.41, 5.74) is 8.60. The molecule has 2 fully saturated rings. The summed E-state index contributed by atoms with van der Waals surface area (Å²) in [6.07, 6.45) is 6.29. The van der Waals surface area contributed by atoms with Gasteiger partial charge in [-0.05, 0) is 118 Å². The normalized spacial score (nSPS) is 17.0. The first-order chi connectivity index (χ1) is 26.0. The molecule has 2 aliphatic rings. The number of alkyl carbamates (subject to hydrolysis) is 1. The van der Waals surface area contributed by atoms with Crippen molar-refractivity contribution < 1.29 is 23.9 Å². The van der Waals surface area contributed by atoms with Crippen LogP contribution in [-0.2, 0) is 20.9 Å². The van der Waals surface area contributed by atoms with E-state index in [4.69, 9.17) is 9.47 Å². The number of aryl methyl sites for hydroxylation is 1. The Morgan fingerprint density at radius 3 is 2.33 bits per heavy atom. The van der Waals surface area contributed by atoms with Gasteiger partial charge in [0.2, 0.25) is 11.8 Å². The van der Waals surface area contributed by atoms with Crippen LogP contribution < -0.4 is 15.4 Å². The predicted molar refractivity (Wildman–Crippen MR) is 207 cm³/mol. The van der Waals surface area contributed by atoms with Gasteiger partial charge in [-0.25, -0.2) is 14.3 Å². The summed E-state index contributed by atoms with van der Waals surface area (Å²) in [5, 5.41) is 9.77. The summed E-state index contributed by atoms with van der Waals surface area (Å²) >= 11 is 0. The molecule has 0 bridgehead atoms. The minimum Gasteiger partial charge on any atom is -0.492 e. The Morgan fingerprint density at radius 2 is 1.63 bits per heavy atom. The van der Waals surface area contributed by atoms with Crippen LogP contribution in [0.4, 0.5) is 4.79 Å². The molecule has 3 aromatic carbocycles. The highest BCUT2D eigenvalue weighted by Gasteiger charge is 2.28. The maximum atomic E-state index is 12.3. The van der Waals surface area contributed by atoms with Gasteiger partial charge in [-0.1, -0.05) is 48.5 Å². The topological polar surface area (TPSA) is 127 Å². The first-order valence-electron chi connectivity index (χ1n) is 18.8. The number of hydrogen-bond donors (Lipinski definition) is 2. The Labute approximate surface area is 316 Å². The van der Waals surface area contributed by atoms with E-state index in [1.807, 2.05) is 62.7 Å². The van der Waals surface area contributed by atoms with Gasteiger partial charge in [-0.15, -0.1) is 0 Å². The Morgan fingerprint density at radius 1 is 0.907 bits per heavy atom. The van der Waals surface area contributed by atoms with E-state index < -0.39 is 11.7 Å². The highest BCUT2D eigenvalue weighted by atomic mass is 16.6. The number of amides is 3. The van der Waals surface area contributed by atoms with Gasteiger partial charge in [0.1, 0.15) is 24.3 Å². The molecule has 54 heavy (non-hydrogen) atoms. The van der Waals surface area contributed by atoms with E-state index >= 15 is 0 Å². The van der Waals surface area contributed by atoms with Crippen molar-refractivity contribution >= 4 is 23.4 Å². The van der Waals surface area contributed by atoms with Crippen LogP contribution in [0.2, 0.25) is 0 Å². The van der Waals surface area contributed by atoms with Crippen LogP contribution in [0, 0.1) is 6.92 Å². The van der Waals surface area contributed by atoms with Crippen molar-refractivity contribution in [2.75, 3.05) is 26.2 Å². The maximum Gasteiger partial charge on any atom is 0.407 e. The molecule has 2 aliphatic heterocycles. The summed E-state index contributed by atoms with van der Waals surface area (Å²) < 4.78 is 13.4. The Kier molecular flexibility index (Phi) is 10.8. The van der Waals surface area contributed by atoms with Crippen LogP contribution in [0.1, 0.15) is 80.5 Å². The van der Waals surface area contributed by atoms with Gasteiger partial charge in [-0.2, -0.15) is 5.10 Å². The average molecular weight is 729 g/mol. The van der Waals surface area contributed by atoms with Gasteiger partial charge in [0.15, 0.2) is 0 Å². The number of nitrogens with zero attached hydrogens (tertiary/aromatic N) is 4. The number of imide groups is 1. The first kappa shape index (κ1) is 36.8. The van der Waals surface area contributed by atoms with E-state index in [2.05, 4.69) is 74.1 Å². The number of hydrogen-bond acceptors (Lipinski definition) is 8. The molecular formula is C43H48N6O5. The van der Waals surface area contributed by atoms with Crippen LogP contribution in [0.5, 0.6) is 5.75 Å². The zero-order chi connectivity index (χ0) is 37.8. The molecule has 2 aromatic heterocycles. The Hall–Kier alpha value is -5.55. The van der Waals surface area contributed by atoms with Crippen molar-refractivity contribution in [3.63, 3.8) is 0 Å². The van der Waals surface area contributed by atoms with Crippen molar-refractivity contribution in [3.05, 3.63) is 108 Å². The number of rotatable bonds is 10. The van der Waals surface area contributed by atoms with Crippen LogP contribution in [-0.4, -0.2) is 69.2 Å². The summed E-state index contributed by atoms with van der Waals surface area (Å²) in [6, 6.07) is 24.8. The summed E-state index contributed by atoms with van der Waals surface area (Å²) in [5.74, 6) is 0.734. The molecule has 11 heteroatoms. The maximum absolute atomic E-state index is 12.3. The van der Waals surface area contributed by atoms with Crippen LogP contribution in [0.15, 0.2) is 85.3 Å². The molecule has 0 spiro atoms. The molecule has 0 aliphatic carbocycles. The molecule has 3 amide bonds. The van der Waals surface area contributed by atoms with Gasteiger partial charge in [0.05, 0.1) is 17.1 Å². The molecule has 4 heterocycles. The second-order valence-corrected chi connectivity index (χ2v) is 15.3. The van der Waals surface area contributed by atoms with E-state index in [1.165, 1.54) is 5.56 Å². The minimum absolute atomic E-state index is 0.181. The van der Waals surface area contributed by atoms with Crippen molar-refractivity contribution in [2.45, 2.75) is 77.4 Å². The molecule has 2 N–H and O–H groups in total. The highest BCUT2D eigenvalue weighted by Crippen LogP contribution is 2.32. The van der Waals surface area contributed by atoms with Crippen molar-refractivity contribution in [1.82, 2.24) is 30.1 Å². The molecule has 0 saturated carbocycles. The molecular weight excluding hydrogens is 681 g/mol. The van der Waals surface area contributed by atoms with E-state index in [1.54, 1.807) is 6.33 Å². The lowest BCUT2D eigenvalue weighted by atomic mass is 9.86. The predicted octanol–water partition coefficient (Wildman–Crippen LogP) is 7.18. The molecule has 0 radical (unpaired) electrons. The third-order valence-electron chi connectivity index (χ3n) is 10.3. The molecule has 11 nitrogen and oxygen atoms in total. The lowest BCUT2D eigenvalue weighted by molar-refractivity contribution is -0.134. The van der Waals surface area contributed by atoms with E-state index in [-0.39, 0.29) is 17.7 Å². The van der Waals surface area contributed by atoms with Gasteiger partial charge in [0.25, 0.3) is 0 Å². The van der Waals surface area contributed by atoms with Crippen LogP contribution in [0.25, 0.3) is 27.9 Å². The van der Waals surface area contributed by atoms with E-state index in [9.17, 15) is 14.4 Å². The van der Waals surface area contributed by atoms with Crippen LogP contribution >= 0.6 is 0 Å². The fraction of sp³-hybridized carbons (Fsp3) is 0.372. The second-order valence-electron chi connectivity index (χ2n) is 15.3. The van der Waals surface area contributed by atoms with Crippen LogP contribution in [0.3, 0.4) is 0 Å². The number of piperidine rings is 2. The lowest BCUT2D eigenvalue weighted by Gasteiger charge is -2.32. The zero-order valence-corrected chi connectivity index (χ0v) is 31.4. The fourth-order valence-corrected chi connectivity index (χ4v) is 7.37. The van der Waals surface area contributed by atoms with Gasteiger partial charge >= 0.3 is 6.09 Å². The molecule has 1 atom stereocenters. The molecule has 1 unspecified atom stereocenters. The Balaban J connectivity index is 0.898. The smallest absolute Gasteiger partial charge is 0.407 e. The number of likely N-dealkylation sites (tertiary alicyclic amines) is 1. The molecule has 280 valence electrons. The van der Waals surface area contributed by atoms with Crippen molar-refractivity contribution in [1.29, 1.82) is 0 Å². The van der Waals surface area contributed by atoms with E-state index in [0.717, 1.165) is 82.8 Å². The quantitative estimate of drug-likeness (QED) is 0.145. The molecule has 5 aromatic rings. The number of fused-ring (bicyclic) bond motifs is 1. The Bertz CT molecular complexity index is 2130. The van der Waals surface area contributed by atoms with Crippen molar-refractivity contribution in [3.8, 4) is 28.1 Å². The summed E-state index contributed by atoms with van der Waals surface area (Å²) in [7, 11) is 0. The zero-order valence-electron chi connectivity index (χ0n) is 31.4. The van der Waals surface area contributed by atoms with Gasteiger partial charge < -0.3 is 14.8 Å². The van der Waals surface area contributed by atoms with Gasteiger partial charge in [-0.3, -0.25) is 19.8 Å². The summed E-state index contributed by atoms with van der Waals surface area (Å²) in [6.45, 7) is 11.5. The van der Waals surface area contributed by atoms with Crippen molar-refractivity contribution in [2.24, 2.45) is 0 Å². The number of benzene rings is 3. The third kappa shape index (κ3) is 8.80. The highest BCUT2D eigenvalue weighted by molar-refractivity contribution is 6.00. The SMILES string of the molecule is Cc1cc(-c2ncnn3cc(-c4ccc(OCCN5CCC(c6ccc(C7CCC(=O)NC7=O)cc6)CC5)cc4)cc23)ccc1CNC(=O)OC(C)(C)C. The van der Waals surface area contributed by atoms with E-state index in [0.29, 0.717) is 31.9 Å². The largest absolute Gasteiger partial charge is 0.492 e. The number of aromatic nitrogens is 3. The number of nitrogens with one attached hydrogen (secondary N) is 2. The van der Waals surface area contributed by atoms with Gasteiger partial charge in [0, 0.05) is 36.8 Å². The standard InChI is InChI=1S/C43H48N6O5/c1-28-23-33(9-10-34(28)25-44-42(52)54-43(2,3)4)40-38-24-35(26-49(38)46-27-45-40)30-11-13-36(14-12-30)53-22-21-48-19-17-31(18-20-48)29-5-7-32(8-6-29)37-15-16-39(50)47-41(37)51/h5-14,23-24,26-27,31,37H,15-22,25H2,1-4H3,(H,44,52)(H,47,50,51).